The SMILES string of the molecule is Nc1ccc2c(ccn2Cc2ccccc2F)c1. The second kappa shape index (κ2) is 4.18. The first kappa shape index (κ1) is 10.8. The highest BCUT2D eigenvalue weighted by Crippen LogP contribution is 2.20. The first-order valence-electron chi connectivity index (χ1n) is 5.82. The van der Waals surface area contributed by atoms with Crippen molar-refractivity contribution in [1.29, 1.82) is 0 Å². The van der Waals surface area contributed by atoms with E-state index in [-0.39, 0.29) is 5.82 Å². The number of benzene rings is 2. The van der Waals surface area contributed by atoms with E-state index in [0.717, 1.165) is 16.6 Å². The molecule has 0 saturated carbocycles. The van der Waals surface area contributed by atoms with Crippen LogP contribution in [0.15, 0.2) is 54.7 Å². The highest BCUT2D eigenvalue weighted by Gasteiger charge is 2.05. The summed E-state index contributed by atoms with van der Waals surface area (Å²) >= 11 is 0. The van der Waals surface area contributed by atoms with Crippen molar-refractivity contribution in [3.63, 3.8) is 0 Å². The molecule has 3 rings (SSSR count). The van der Waals surface area contributed by atoms with Gasteiger partial charge in [-0.25, -0.2) is 4.39 Å². The quantitative estimate of drug-likeness (QED) is 0.684. The lowest BCUT2D eigenvalue weighted by molar-refractivity contribution is 0.602. The summed E-state index contributed by atoms with van der Waals surface area (Å²) in [5.74, 6) is -0.171. The summed E-state index contributed by atoms with van der Waals surface area (Å²) in [5.41, 5.74) is 8.23. The summed E-state index contributed by atoms with van der Waals surface area (Å²) in [6, 6.07) is 14.6. The number of nitrogens with two attached hydrogens (primary N) is 1. The summed E-state index contributed by atoms with van der Waals surface area (Å²) in [6.45, 7) is 0.528. The predicted octanol–water partition coefficient (Wildman–Crippen LogP) is 3.41. The van der Waals surface area contributed by atoms with Crippen molar-refractivity contribution in [2.75, 3.05) is 5.73 Å². The van der Waals surface area contributed by atoms with E-state index in [4.69, 9.17) is 5.73 Å². The second-order valence-corrected chi connectivity index (χ2v) is 4.35. The Morgan fingerprint density at radius 3 is 2.72 bits per heavy atom. The van der Waals surface area contributed by atoms with Crippen LogP contribution in [0.4, 0.5) is 10.1 Å². The third-order valence-corrected chi connectivity index (χ3v) is 3.09. The number of hydrogen-bond donors (Lipinski definition) is 1. The molecule has 0 radical (unpaired) electrons. The van der Waals surface area contributed by atoms with Crippen molar-refractivity contribution >= 4 is 16.6 Å². The van der Waals surface area contributed by atoms with E-state index < -0.39 is 0 Å². The molecule has 18 heavy (non-hydrogen) atoms. The molecule has 1 aromatic heterocycles. The van der Waals surface area contributed by atoms with E-state index in [1.807, 2.05) is 41.1 Å². The largest absolute Gasteiger partial charge is 0.399 e. The minimum Gasteiger partial charge on any atom is -0.399 e. The van der Waals surface area contributed by atoms with Gasteiger partial charge in [-0.05, 0) is 30.3 Å². The minimum absolute atomic E-state index is 0.171. The monoisotopic (exact) mass is 240 g/mol. The number of halogens is 1. The first-order valence-corrected chi connectivity index (χ1v) is 5.82. The number of anilines is 1. The van der Waals surface area contributed by atoms with Gasteiger partial charge in [-0.15, -0.1) is 0 Å². The van der Waals surface area contributed by atoms with Gasteiger partial charge >= 0.3 is 0 Å². The minimum atomic E-state index is -0.171. The van der Waals surface area contributed by atoms with Gasteiger partial charge in [-0.2, -0.15) is 0 Å². The van der Waals surface area contributed by atoms with Crippen LogP contribution in [0.3, 0.4) is 0 Å². The topological polar surface area (TPSA) is 30.9 Å². The molecule has 3 aromatic rings. The van der Waals surface area contributed by atoms with Crippen LogP contribution < -0.4 is 5.73 Å². The fourth-order valence-electron chi connectivity index (χ4n) is 2.17. The predicted molar refractivity (Wildman–Crippen MR) is 71.9 cm³/mol. The van der Waals surface area contributed by atoms with Gasteiger partial charge in [0.05, 0.1) is 6.54 Å². The maximum absolute atomic E-state index is 13.6. The number of fused-ring (bicyclic) bond motifs is 1. The number of nitrogens with zero attached hydrogens (tertiary/aromatic N) is 1. The van der Waals surface area contributed by atoms with Gasteiger partial charge in [0.25, 0.3) is 0 Å². The van der Waals surface area contributed by atoms with Gasteiger partial charge in [0.2, 0.25) is 0 Å². The summed E-state index contributed by atoms with van der Waals surface area (Å²) in [4.78, 5) is 0. The zero-order valence-corrected chi connectivity index (χ0v) is 9.81. The molecule has 0 fully saturated rings. The summed E-state index contributed by atoms with van der Waals surface area (Å²) in [6.07, 6.45) is 1.95. The normalized spacial score (nSPS) is 10.9. The Labute approximate surface area is 104 Å². The van der Waals surface area contributed by atoms with Crippen LogP contribution >= 0.6 is 0 Å². The smallest absolute Gasteiger partial charge is 0.128 e. The van der Waals surface area contributed by atoms with Crippen LogP contribution in [0.5, 0.6) is 0 Å². The Kier molecular flexibility index (Phi) is 2.52. The van der Waals surface area contributed by atoms with Gasteiger partial charge in [0, 0.05) is 28.4 Å². The Balaban J connectivity index is 2.03. The van der Waals surface area contributed by atoms with Crippen molar-refractivity contribution < 1.29 is 4.39 Å². The van der Waals surface area contributed by atoms with Gasteiger partial charge < -0.3 is 10.3 Å². The molecule has 0 saturated heterocycles. The molecule has 0 bridgehead atoms. The van der Waals surface area contributed by atoms with Crippen molar-refractivity contribution in [2.24, 2.45) is 0 Å². The van der Waals surface area contributed by atoms with Crippen LogP contribution in [-0.2, 0) is 6.54 Å². The Hall–Kier alpha value is -2.29. The second-order valence-electron chi connectivity index (χ2n) is 4.35. The van der Waals surface area contributed by atoms with Crippen molar-refractivity contribution in [3.05, 3.63) is 66.1 Å². The van der Waals surface area contributed by atoms with Crippen molar-refractivity contribution in [1.82, 2.24) is 4.57 Å². The summed E-state index contributed by atoms with van der Waals surface area (Å²) in [5, 5.41) is 1.08. The summed E-state index contributed by atoms with van der Waals surface area (Å²) in [7, 11) is 0. The van der Waals surface area contributed by atoms with Crippen LogP contribution in [0.2, 0.25) is 0 Å². The zero-order valence-electron chi connectivity index (χ0n) is 9.81. The lowest BCUT2D eigenvalue weighted by Crippen LogP contribution is -2.00. The molecule has 3 heteroatoms. The van der Waals surface area contributed by atoms with Gasteiger partial charge in [0.15, 0.2) is 0 Å². The fourth-order valence-corrected chi connectivity index (χ4v) is 2.17. The van der Waals surface area contributed by atoms with E-state index >= 15 is 0 Å². The fraction of sp³-hybridized carbons (Fsp3) is 0.0667. The molecule has 2 aromatic carbocycles. The van der Waals surface area contributed by atoms with Gasteiger partial charge in [-0.3, -0.25) is 0 Å². The van der Waals surface area contributed by atoms with Crippen molar-refractivity contribution in [3.8, 4) is 0 Å². The Morgan fingerprint density at radius 2 is 1.89 bits per heavy atom. The number of aromatic nitrogens is 1. The molecule has 90 valence electrons. The lowest BCUT2D eigenvalue weighted by Gasteiger charge is -2.07. The molecule has 0 unspecified atom stereocenters. The molecule has 0 aliphatic carbocycles. The van der Waals surface area contributed by atoms with E-state index in [2.05, 4.69) is 0 Å². The van der Waals surface area contributed by atoms with Crippen LogP contribution in [0.1, 0.15) is 5.56 Å². The Bertz CT molecular complexity index is 701. The zero-order chi connectivity index (χ0) is 12.5. The number of rotatable bonds is 2. The molecule has 0 spiro atoms. The van der Waals surface area contributed by atoms with Crippen LogP contribution in [0.25, 0.3) is 10.9 Å². The molecular weight excluding hydrogens is 227 g/mol. The molecule has 2 N–H and O–H groups in total. The molecule has 2 nitrogen and oxygen atoms in total. The van der Waals surface area contributed by atoms with E-state index in [1.54, 1.807) is 12.1 Å². The maximum atomic E-state index is 13.6. The molecule has 0 atom stereocenters. The Morgan fingerprint density at radius 1 is 1.06 bits per heavy atom. The molecule has 0 aliphatic rings. The molecule has 0 aliphatic heterocycles. The van der Waals surface area contributed by atoms with Crippen molar-refractivity contribution in [2.45, 2.75) is 6.54 Å². The first-order chi connectivity index (χ1) is 8.74. The number of hydrogen-bond acceptors (Lipinski definition) is 1. The molecular formula is C15H13FN2. The standard InChI is InChI=1S/C15H13FN2/c16-14-4-2-1-3-12(14)10-18-8-7-11-9-13(17)5-6-15(11)18/h1-9H,10,17H2. The maximum Gasteiger partial charge on any atom is 0.128 e. The molecule has 0 amide bonds. The highest BCUT2D eigenvalue weighted by molar-refractivity contribution is 5.83. The van der Waals surface area contributed by atoms with E-state index in [0.29, 0.717) is 12.1 Å². The summed E-state index contributed by atoms with van der Waals surface area (Å²) < 4.78 is 15.6. The van der Waals surface area contributed by atoms with Crippen LogP contribution in [0, 0.1) is 5.82 Å². The highest BCUT2D eigenvalue weighted by atomic mass is 19.1. The molecule has 1 heterocycles. The average molecular weight is 240 g/mol. The number of nitrogen functional groups attached to an aromatic ring is 1. The third-order valence-electron chi connectivity index (χ3n) is 3.09. The van der Waals surface area contributed by atoms with Gasteiger partial charge in [0.1, 0.15) is 5.82 Å². The average Bonchev–Trinajstić information content (AvgIpc) is 2.74. The third kappa shape index (κ3) is 1.84. The van der Waals surface area contributed by atoms with E-state index in [1.165, 1.54) is 6.07 Å². The van der Waals surface area contributed by atoms with Crippen LogP contribution in [-0.4, -0.2) is 4.57 Å². The van der Waals surface area contributed by atoms with Gasteiger partial charge in [-0.1, -0.05) is 18.2 Å². The van der Waals surface area contributed by atoms with E-state index in [9.17, 15) is 4.39 Å². The lowest BCUT2D eigenvalue weighted by atomic mass is 10.2.